The molecule has 1 N–H and O–H groups in total. The monoisotopic (exact) mass is 373 g/mol. The smallest absolute Gasteiger partial charge is 0.224 e. The fourth-order valence-electron chi connectivity index (χ4n) is 3.82. The zero-order valence-electron chi connectivity index (χ0n) is 14.6. The highest BCUT2D eigenvalue weighted by Gasteiger charge is 2.29. The second-order valence-electron chi connectivity index (χ2n) is 7.30. The summed E-state index contributed by atoms with van der Waals surface area (Å²) in [4.78, 5) is 17.0. The normalized spacial score (nSPS) is 21.3. The molecule has 0 bridgehead atoms. The van der Waals surface area contributed by atoms with Gasteiger partial charge in [0.25, 0.3) is 0 Å². The van der Waals surface area contributed by atoms with Crippen LogP contribution in [0.1, 0.15) is 31.5 Å². The first kappa shape index (κ1) is 17.3. The Bertz CT molecular complexity index is 910. The van der Waals surface area contributed by atoms with E-state index in [-0.39, 0.29) is 29.8 Å². The standard InChI is InChI=1S/C19H23N3O3S/c23-19(10-14-7-9-26(24,25)13-14)20-16-5-3-4-15(11-16)17-12-22-8-2-1-6-18(22)21-17/h3-5,11-12,14H,1-2,6-10,13H2,(H,20,23)/t14-/m0/s1. The van der Waals surface area contributed by atoms with Crippen LogP contribution in [0.3, 0.4) is 0 Å². The lowest BCUT2D eigenvalue weighted by atomic mass is 10.0. The predicted octanol–water partition coefficient (Wildman–Crippen LogP) is 2.65. The molecule has 1 aromatic carbocycles. The first-order valence-corrected chi connectivity index (χ1v) is 11.0. The fraction of sp³-hybridized carbons (Fsp3) is 0.474. The lowest BCUT2D eigenvalue weighted by molar-refractivity contribution is -0.116. The molecule has 2 aromatic rings. The van der Waals surface area contributed by atoms with Crippen LogP contribution < -0.4 is 5.32 Å². The second kappa shape index (κ2) is 6.87. The first-order valence-electron chi connectivity index (χ1n) is 9.15. The minimum Gasteiger partial charge on any atom is -0.334 e. The highest BCUT2D eigenvalue weighted by Crippen LogP contribution is 2.26. The Kier molecular flexibility index (Phi) is 4.56. The van der Waals surface area contributed by atoms with Gasteiger partial charge in [-0.3, -0.25) is 4.79 Å². The van der Waals surface area contributed by atoms with E-state index in [2.05, 4.69) is 16.1 Å². The average molecular weight is 373 g/mol. The minimum atomic E-state index is -2.95. The largest absolute Gasteiger partial charge is 0.334 e. The molecule has 138 valence electrons. The van der Waals surface area contributed by atoms with E-state index in [1.54, 1.807) is 0 Å². The molecule has 0 unspecified atom stereocenters. The molecule has 2 aliphatic rings. The van der Waals surface area contributed by atoms with Gasteiger partial charge in [-0.05, 0) is 37.3 Å². The van der Waals surface area contributed by atoms with Crippen molar-refractivity contribution < 1.29 is 13.2 Å². The van der Waals surface area contributed by atoms with Gasteiger partial charge in [0.2, 0.25) is 5.91 Å². The van der Waals surface area contributed by atoms with Crippen molar-refractivity contribution in [1.82, 2.24) is 9.55 Å². The number of benzene rings is 1. The van der Waals surface area contributed by atoms with Crippen LogP contribution in [0.5, 0.6) is 0 Å². The Morgan fingerprint density at radius 3 is 2.96 bits per heavy atom. The van der Waals surface area contributed by atoms with Gasteiger partial charge in [-0.1, -0.05) is 12.1 Å². The number of hydrogen-bond donors (Lipinski definition) is 1. The topological polar surface area (TPSA) is 81.1 Å². The number of fused-ring (bicyclic) bond motifs is 1. The van der Waals surface area contributed by atoms with Crippen molar-refractivity contribution in [2.24, 2.45) is 5.92 Å². The second-order valence-corrected chi connectivity index (χ2v) is 9.52. The number of nitrogens with zero attached hydrogens (tertiary/aromatic N) is 2. The Balaban J connectivity index is 1.44. The van der Waals surface area contributed by atoms with Gasteiger partial charge in [0.15, 0.2) is 9.84 Å². The van der Waals surface area contributed by atoms with E-state index in [1.165, 1.54) is 12.8 Å². The Labute approximate surface area is 153 Å². The number of amides is 1. The van der Waals surface area contributed by atoms with Crippen LogP contribution in [0.25, 0.3) is 11.3 Å². The quantitative estimate of drug-likeness (QED) is 0.893. The molecule has 4 rings (SSSR count). The highest BCUT2D eigenvalue weighted by atomic mass is 32.2. The molecule has 3 heterocycles. The van der Waals surface area contributed by atoms with Crippen LogP contribution in [0, 0.1) is 5.92 Å². The molecule has 1 saturated heterocycles. The summed E-state index contributed by atoms with van der Waals surface area (Å²) in [6, 6.07) is 7.68. The minimum absolute atomic E-state index is 0.0666. The summed E-state index contributed by atoms with van der Waals surface area (Å²) in [5, 5.41) is 2.90. The summed E-state index contributed by atoms with van der Waals surface area (Å²) >= 11 is 0. The molecule has 26 heavy (non-hydrogen) atoms. The van der Waals surface area contributed by atoms with E-state index in [4.69, 9.17) is 4.98 Å². The summed E-state index contributed by atoms with van der Waals surface area (Å²) < 4.78 is 25.3. The summed E-state index contributed by atoms with van der Waals surface area (Å²) in [5.41, 5.74) is 2.63. The molecule has 0 aliphatic carbocycles. The number of anilines is 1. The molecule has 2 aliphatic heterocycles. The maximum Gasteiger partial charge on any atom is 0.224 e. The Morgan fingerprint density at radius 2 is 2.19 bits per heavy atom. The molecular formula is C19H23N3O3S. The van der Waals surface area contributed by atoms with Crippen molar-refractivity contribution in [3.63, 3.8) is 0 Å². The van der Waals surface area contributed by atoms with Crippen molar-refractivity contribution in [3.05, 3.63) is 36.3 Å². The number of hydrogen-bond acceptors (Lipinski definition) is 4. The van der Waals surface area contributed by atoms with Gasteiger partial charge in [-0.25, -0.2) is 13.4 Å². The van der Waals surface area contributed by atoms with Crippen molar-refractivity contribution in [1.29, 1.82) is 0 Å². The molecular weight excluding hydrogens is 350 g/mol. The van der Waals surface area contributed by atoms with Crippen molar-refractivity contribution in [2.75, 3.05) is 16.8 Å². The summed E-state index contributed by atoms with van der Waals surface area (Å²) in [6.07, 6.45) is 6.30. The van der Waals surface area contributed by atoms with Crippen molar-refractivity contribution >= 4 is 21.4 Å². The molecule has 0 spiro atoms. The van der Waals surface area contributed by atoms with Crippen LogP contribution in [-0.4, -0.2) is 35.4 Å². The molecule has 1 amide bonds. The van der Waals surface area contributed by atoms with Gasteiger partial charge in [0.05, 0.1) is 17.2 Å². The van der Waals surface area contributed by atoms with Gasteiger partial charge in [0, 0.05) is 36.8 Å². The van der Waals surface area contributed by atoms with Gasteiger partial charge in [-0.15, -0.1) is 0 Å². The molecule has 0 saturated carbocycles. The van der Waals surface area contributed by atoms with Gasteiger partial charge < -0.3 is 9.88 Å². The number of nitrogens with one attached hydrogen (secondary N) is 1. The Hall–Kier alpha value is -2.15. The zero-order chi connectivity index (χ0) is 18.1. The SMILES string of the molecule is O=C(C[C@@H]1CCS(=O)(=O)C1)Nc1cccc(-c2cn3c(n2)CCCC3)c1. The summed E-state index contributed by atoms with van der Waals surface area (Å²) in [5.74, 6) is 1.26. The van der Waals surface area contributed by atoms with E-state index in [9.17, 15) is 13.2 Å². The van der Waals surface area contributed by atoms with Gasteiger partial charge in [0.1, 0.15) is 5.82 Å². The van der Waals surface area contributed by atoms with E-state index in [0.29, 0.717) is 6.42 Å². The van der Waals surface area contributed by atoms with Gasteiger partial charge in [-0.2, -0.15) is 0 Å². The molecule has 1 atom stereocenters. The van der Waals surface area contributed by atoms with Crippen LogP contribution in [0.4, 0.5) is 5.69 Å². The average Bonchev–Trinajstić information content (AvgIpc) is 3.18. The number of sulfone groups is 1. The first-order chi connectivity index (χ1) is 12.5. The maximum absolute atomic E-state index is 12.3. The molecule has 7 heteroatoms. The number of rotatable bonds is 4. The van der Waals surface area contributed by atoms with Crippen molar-refractivity contribution in [2.45, 2.75) is 38.6 Å². The summed E-state index contributed by atoms with van der Waals surface area (Å²) in [6.45, 7) is 1.02. The van der Waals surface area contributed by atoms with Crippen LogP contribution in [-0.2, 0) is 27.6 Å². The van der Waals surface area contributed by atoms with Crippen LogP contribution in [0.2, 0.25) is 0 Å². The van der Waals surface area contributed by atoms with E-state index in [0.717, 1.165) is 35.7 Å². The highest BCUT2D eigenvalue weighted by molar-refractivity contribution is 7.91. The predicted molar refractivity (Wildman–Crippen MR) is 101 cm³/mol. The summed E-state index contributed by atoms with van der Waals surface area (Å²) in [7, 11) is -2.95. The third-order valence-corrected chi connectivity index (χ3v) is 6.99. The number of aromatic nitrogens is 2. The third-order valence-electron chi connectivity index (χ3n) is 5.15. The van der Waals surface area contributed by atoms with E-state index < -0.39 is 9.84 Å². The van der Waals surface area contributed by atoms with E-state index >= 15 is 0 Å². The lowest BCUT2D eigenvalue weighted by Gasteiger charge is -2.11. The maximum atomic E-state index is 12.3. The van der Waals surface area contributed by atoms with Gasteiger partial charge >= 0.3 is 0 Å². The fourth-order valence-corrected chi connectivity index (χ4v) is 5.68. The number of imidazole rings is 1. The lowest BCUT2D eigenvalue weighted by Crippen LogP contribution is -2.17. The number of aryl methyl sites for hydroxylation is 2. The zero-order valence-corrected chi connectivity index (χ0v) is 15.5. The number of carbonyl (C=O) groups excluding carboxylic acids is 1. The molecule has 1 fully saturated rings. The van der Waals surface area contributed by atoms with E-state index in [1.807, 2.05) is 24.3 Å². The van der Waals surface area contributed by atoms with Crippen LogP contribution in [0.15, 0.2) is 30.5 Å². The number of carbonyl (C=O) groups is 1. The molecule has 6 nitrogen and oxygen atoms in total. The van der Waals surface area contributed by atoms with Crippen molar-refractivity contribution in [3.8, 4) is 11.3 Å². The molecule has 1 aromatic heterocycles. The Morgan fingerprint density at radius 1 is 1.31 bits per heavy atom. The third kappa shape index (κ3) is 3.82. The molecule has 0 radical (unpaired) electrons. The van der Waals surface area contributed by atoms with Crippen LogP contribution >= 0.6 is 0 Å².